The van der Waals surface area contributed by atoms with Crippen LogP contribution in [0.15, 0.2) is 46.3 Å². The smallest absolute Gasteiger partial charge is 0.191 e. The van der Waals surface area contributed by atoms with Gasteiger partial charge in [-0.25, -0.2) is 4.39 Å². The van der Waals surface area contributed by atoms with E-state index in [0.29, 0.717) is 0 Å². The predicted molar refractivity (Wildman–Crippen MR) is 110 cm³/mol. The van der Waals surface area contributed by atoms with Gasteiger partial charge in [0.15, 0.2) is 5.96 Å². The Bertz CT molecular complexity index is 614. The number of hydrogen-bond acceptors (Lipinski definition) is 3. The van der Waals surface area contributed by atoms with E-state index < -0.39 is 0 Å². The highest BCUT2D eigenvalue weighted by Crippen LogP contribution is 2.17. The minimum absolute atomic E-state index is 0. The van der Waals surface area contributed by atoms with Crippen molar-refractivity contribution in [3.05, 3.63) is 52.0 Å². The summed E-state index contributed by atoms with van der Waals surface area (Å²) >= 11 is 3.48. The van der Waals surface area contributed by atoms with Gasteiger partial charge in [0, 0.05) is 34.0 Å². The first-order chi connectivity index (χ1) is 10.7. The molecular weight excluding hydrogens is 444 g/mol. The van der Waals surface area contributed by atoms with Crippen LogP contribution in [-0.2, 0) is 6.54 Å². The highest BCUT2D eigenvalue weighted by Gasteiger charge is 2.00. The van der Waals surface area contributed by atoms with Crippen LogP contribution >= 0.6 is 47.1 Å². The number of guanidine groups is 1. The molecule has 2 rings (SSSR count). The molecule has 1 heterocycles. The summed E-state index contributed by atoms with van der Waals surface area (Å²) in [6, 6.07) is 10.8. The van der Waals surface area contributed by atoms with Gasteiger partial charge < -0.3 is 10.6 Å². The van der Waals surface area contributed by atoms with Crippen LogP contribution in [0.3, 0.4) is 0 Å². The lowest BCUT2D eigenvalue weighted by atomic mass is 10.4. The Morgan fingerprint density at radius 3 is 2.52 bits per heavy atom. The number of halogens is 2. The van der Waals surface area contributed by atoms with Gasteiger partial charge in [-0.3, -0.25) is 4.99 Å². The Hall–Kier alpha value is -0.800. The maximum Gasteiger partial charge on any atom is 0.191 e. The van der Waals surface area contributed by atoms with Crippen LogP contribution in [0.1, 0.15) is 9.75 Å². The standard InChI is InChI=1S/C16H20FN3S2.HI/c1-12-3-6-15(22-12)11-20-16(18-2)19-9-10-21-14-7-4-13(17)5-8-14;/h3-8H,9-11H2,1-2H3,(H2,18,19,20);1H. The van der Waals surface area contributed by atoms with E-state index in [-0.39, 0.29) is 29.8 Å². The zero-order valence-corrected chi connectivity index (χ0v) is 17.1. The first kappa shape index (κ1) is 20.2. The number of aliphatic imine (C=N–C) groups is 1. The number of rotatable bonds is 6. The first-order valence-electron chi connectivity index (χ1n) is 7.05. The molecule has 126 valence electrons. The molecule has 2 aromatic rings. The van der Waals surface area contributed by atoms with E-state index >= 15 is 0 Å². The van der Waals surface area contributed by atoms with E-state index in [2.05, 4.69) is 34.7 Å². The van der Waals surface area contributed by atoms with Gasteiger partial charge in [-0.15, -0.1) is 47.1 Å². The molecule has 0 saturated heterocycles. The van der Waals surface area contributed by atoms with Crippen LogP contribution in [0.25, 0.3) is 0 Å². The number of nitrogens with zero attached hydrogens (tertiary/aromatic N) is 1. The van der Waals surface area contributed by atoms with Gasteiger partial charge in [0.2, 0.25) is 0 Å². The first-order valence-corrected chi connectivity index (χ1v) is 8.86. The second kappa shape index (κ2) is 10.9. The van der Waals surface area contributed by atoms with Gasteiger partial charge >= 0.3 is 0 Å². The van der Waals surface area contributed by atoms with Gasteiger partial charge in [-0.05, 0) is 43.3 Å². The third kappa shape index (κ3) is 7.54. The van der Waals surface area contributed by atoms with Crippen molar-refractivity contribution in [3.63, 3.8) is 0 Å². The van der Waals surface area contributed by atoms with Crippen molar-refractivity contribution in [2.24, 2.45) is 4.99 Å². The summed E-state index contributed by atoms with van der Waals surface area (Å²) < 4.78 is 12.8. The lowest BCUT2D eigenvalue weighted by Gasteiger charge is -2.11. The molecule has 23 heavy (non-hydrogen) atoms. The fourth-order valence-electron chi connectivity index (χ4n) is 1.84. The number of benzene rings is 1. The summed E-state index contributed by atoms with van der Waals surface area (Å²) in [5, 5.41) is 6.57. The molecule has 7 heteroatoms. The van der Waals surface area contributed by atoms with Crippen molar-refractivity contribution in [1.29, 1.82) is 0 Å². The molecule has 0 aliphatic rings. The van der Waals surface area contributed by atoms with Crippen LogP contribution in [0.5, 0.6) is 0 Å². The fraction of sp³-hybridized carbons (Fsp3) is 0.312. The number of nitrogens with one attached hydrogen (secondary N) is 2. The van der Waals surface area contributed by atoms with E-state index in [9.17, 15) is 4.39 Å². The molecule has 0 fully saturated rings. The third-order valence-corrected chi connectivity index (χ3v) is 4.94. The summed E-state index contributed by atoms with van der Waals surface area (Å²) in [5.74, 6) is 1.49. The largest absolute Gasteiger partial charge is 0.356 e. The van der Waals surface area contributed by atoms with Crippen LogP contribution in [-0.4, -0.2) is 25.3 Å². The summed E-state index contributed by atoms with van der Waals surface area (Å²) in [6.45, 7) is 3.68. The highest BCUT2D eigenvalue weighted by molar-refractivity contribution is 14.0. The van der Waals surface area contributed by atoms with Gasteiger partial charge in [0.1, 0.15) is 5.82 Å². The molecule has 1 aromatic heterocycles. The quantitative estimate of drug-likeness (QED) is 0.220. The van der Waals surface area contributed by atoms with E-state index in [4.69, 9.17) is 0 Å². The number of thioether (sulfide) groups is 1. The van der Waals surface area contributed by atoms with E-state index in [1.807, 2.05) is 0 Å². The minimum atomic E-state index is -0.198. The molecule has 0 spiro atoms. The second-order valence-electron chi connectivity index (χ2n) is 4.67. The molecule has 0 amide bonds. The molecule has 0 aliphatic carbocycles. The van der Waals surface area contributed by atoms with Gasteiger partial charge in [-0.1, -0.05) is 0 Å². The van der Waals surface area contributed by atoms with Crippen molar-refractivity contribution in [2.75, 3.05) is 19.3 Å². The average molecular weight is 465 g/mol. The summed E-state index contributed by atoms with van der Waals surface area (Å²) in [6.07, 6.45) is 0. The van der Waals surface area contributed by atoms with Crippen molar-refractivity contribution >= 4 is 53.0 Å². The fourth-order valence-corrected chi connectivity index (χ4v) is 3.44. The van der Waals surface area contributed by atoms with Crippen molar-refractivity contribution < 1.29 is 4.39 Å². The molecule has 0 radical (unpaired) electrons. The monoisotopic (exact) mass is 465 g/mol. The highest BCUT2D eigenvalue weighted by atomic mass is 127. The third-order valence-electron chi connectivity index (χ3n) is 2.93. The van der Waals surface area contributed by atoms with Gasteiger partial charge in [-0.2, -0.15) is 0 Å². The summed E-state index contributed by atoms with van der Waals surface area (Å²) in [4.78, 5) is 7.88. The predicted octanol–water partition coefficient (Wildman–Crippen LogP) is 4.27. The molecule has 3 nitrogen and oxygen atoms in total. The molecule has 0 atom stereocenters. The van der Waals surface area contributed by atoms with Crippen molar-refractivity contribution in [2.45, 2.75) is 18.4 Å². The second-order valence-corrected chi connectivity index (χ2v) is 7.21. The maximum atomic E-state index is 12.8. The SMILES string of the molecule is CN=C(NCCSc1ccc(F)cc1)NCc1ccc(C)s1.I. The van der Waals surface area contributed by atoms with Crippen LogP contribution < -0.4 is 10.6 Å². The number of hydrogen-bond donors (Lipinski definition) is 2. The zero-order chi connectivity index (χ0) is 15.8. The molecule has 0 unspecified atom stereocenters. The maximum absolute atomic E-state index is 12.8. The normalized spacial score (nSPS) is 11.0. The Morgan fingerprint density at radius 1 is 1.17 bits per heavy atom. The van der Waals surface area contributed by atoms with Crippen LogP contribution in [0, 0.1) is 12.7 Å². The Kier molecular flexibility index (Phi) is 9.57. The molecule has 0 aliphatic heterocycles. The Balaban J connectivity index is 0.00000264. The molecule has 0 saturated carbocycles. The summed E-state index contributed by atoms with van der Waals surface area (Å²) in [7, 11) is 1.77. The van der Waals surface area contributed by atoms with E-state index in [0.717, 1.165) is 29.7 Å². The Labute approximate surface area is 162 Å². The number of aryl methyl sites for hydroxylation is 1. The molecule has 2 N–H and O–H groups in total. The van der Waals surface area contributed by atoms with Crippen LogP contribution in [0.4, 0.5) is 4.39 Å². The lowest BCUT2D eigenvalue weighted by molar-refractivity contribution is 0.626. The summed E-state index contributed by atoms with van der Waals surface area (Å²) in [5.41, 5.74) is 0. The minimum Gasteiger partial charge on any atom is -0.356 e. The Morgan fingerprint density at radius 2 is 1.91 bits per heavy atom. The molecule has 1 aromatic carbocycles. The van der Waals surface area contributed by atoms with Gasteiger partial charge in [0.25, 0.3) is 0 Å². The van der Waals surface area contributed by atoms with Crippen LogP contribution in [0.2, 0.25) is 0 Å². The zero-order valence-electron chi connectivity index (χ0n) is 13.1. The van der Waals surface area contributed by atoms with Gasteiger partial charge in [0.05, 0.1) is 6.54 Å². The van der Waals surface area contributed by atoms with Crippen molar-refractivity contribution in [1.82, 2.24) is 10.6 Å². The molecule has 0 bridgehead atoms. The topological polar surface area (TPSA) is 36.4 Å². The van der Waals surface area contributed by atoms with E-state index in [1.165, 1.54) is 21.9 Å². The van der Waals surface area contributed by atoms with E-state index in [1.54, 1.807) is 42.3 Å². The average Bonchev–Trinajstić information content (AvgIpc) is 2.94. The lowest BCUT2D eigenvalue weighted by Crippen LogP contribution is -2.37. The molecular formula is C16H21FIN3S2. The number of thiophene rings is 1. The van der Waals surface area contributed by atoms with Crippen molar-refractivity contribution in [3.8, 4) is 0 Å².